The van der Waals surface area contributed by atoms with E-state index in [1.165, 1.54) is 64.0 Å². The fraction of sp³-hybridized carbons (Fsp3) is 0.667. The third-order valence-corrected chi connectivity index (χ3v) is 4.76. The topological polar surface area (TPSA) is 23.0 Å². The van der Waals surface area contributed by atoms with Gasteiger partial charge in [0.1, 0.15) is 32.7 Å². The van der Waals surface area contributed by atoms with Gasteiger partial charge in [-0.3, -0.25) is 0 Å². The Morgan fingerprint density at radius 1 is 1.11 bits per heavy atom. The number of aromatic nitrogens is 1. The second-order valence-electron chi connectivity index (χ2n) is 5.98. The van der Waals surface area contributed by atoms with E-state index >= 15 is 0 Å². The van der Waals surface area contributed by atoms with Crippen LogP contribution >= 0.6 is 0 Å². The van der Waals surface area contributed by atoms with Crippen LogP contribution in [0.2, 0.25) is 0 Å². The fourth-order valence-electron chi connectivity index (χ4n) is 3.67. The summed E-state index contributed by atoms with van der Waals surface area (Å²) in [6.07, 6.45) is 10.1. The maximum absolute atomic E-state index is 3.19. The molecule has 0 spiro atoms. The Balaban J connectivity index is 1.48. The largest absolute Gasteiger partial charge is 0.323 e. The SMILES string of the molecule is c1c[nH+]cc(C[NH+]2CC[NH+](C3CCCC3)CC2)c1. The first-order valence-electron chi connectivity index (χ1n) is 7.55. The van der Waals surface area contributed by atoms with E-state index in [1.807, 2.05) is 11.1 Å². The van der Waals surface area contributed by atoms with Crippen molar-refractivity contribution in [3.63, 3.8) is 0 Å². The molecule has 98 valence electrons. The molecule has 1 saturated carbocycles. The van der Waals surface area contributed by atoms with E-state index in [0.717, 1.165) is 6.04 Å². The summed E-state index contributed by atoms with van der Waals surface area (Å²) in [7, 11) is 0. The molecule has 0 unspecified atom stereocenters. The predicted octanol–water partition coefficient (Wildman–Crippen LogP) is -1.27. The summed E-state index contributed by atoms with van der Waals surface area (Å²) < 4.78 is 0. The Kier molecular flexibility index (Phi) is 3.91. The third-order valence-electron chi connectivity index (χ3n) is 4.76. The zero-order valence-electron chi connectivity index (χ0n) is 11.3. The Labute approximate surface area is 110 Å². The molecule has 0 aromatic carbocycles. The van der Waals surface area contributed by atoms with Crippen LogP contribution in [0.5, 0.6) is 0 Å². The van der Waals surface area contributed by atoms with Crippen LogP contribution in [0, 0.1) is 0 Å². The van der Waals surface area contributed by atoms with Crippen LogP contribution in [0.1, 0.15) is 31.2 Å². The molecule has 3 nitrogen and oxygen atoms in total. The minimum absolute atomic E-state index is 0.997. The van der Waals surface area contributed by atoms with Crippen molar-refractivity contribution in [3.8, 4) is 0 Å². The van der Waals surface area contributed by atoms with Crippen LogP contribution in [0.25, 0.3) is 0 Å². The monoisotopic (exact) mass is 248 g/mol. The van der Waals surface area contributed by atoms with Gasteiger partial charge in [-0.2, -0.15) is 0 Å². The maximum atomic E-state index is 3.19. The average Bonchev–Trinajstić information content (AvgIpc) is 2.95. The molecule has 0 atom stereocenters. The molecule has 2 heterocycles. The quantitative estimate of drug-likeness (QED) is 0.666. The van der Waals surface area contributed by atoms with Crippen LogP contribution in [0.3, 0.4) is 0 Å². The first-order valence-corrected chi connectivity index (χ1v) is 7.55. The molecule has 18 heavy (non-hydrogen) atoms. The lowest BCUT2D eigenvalue weighted by Crippen LogP contribution is -3.29. The summed E-state index contributed by atoms with van der Waals surface area (Å²) in [6, 6.07) is 5.34. The van der Waals surface area contributed by atoms with E-state index in [1.54, 1.807) is 4.90 Å². The number of nitrogens with one attached hydrogen (secondary N) is 3. The van der Waals surface area contributed by atoms with E-state index in [0.29, 0.717) is 0 Å². The number of quaternary nitrogens is 2. The number of hydrogen-bond donors (Lipinski definition) is 2. The van der Waals surface area contributed by atoms with Gasteiger partial charge >= 0.3 is 0 Å². The molecule has 0 bridgehead atoms. The first-order chi connectivity index (χ1) is 8.92. The number of piperazine rings is 1. The Morgan fingerprint density at radius 2 is 1.89 bits per heavy atom. The molecule has 3 rings (SSSR count). The van der Waals surface area contributed by atoms with E-state index in [-0.39, 0.29) is 0 Å². The van der Waals surface area contributed by atoms with Gasteiger partial charge in [-0.15, -0.1) is 0 Å². The summed E-state index contributed by atoms with van der Waals surface area (Å²) in [5.41, 5.74) is 1.44. The zero-order valence-corrected chi connectivity index (χ0v) is 11.3. The van der Waals surface area contributed by atoms with Gasteiger partial charge < -0.3 is 9.80 Å². The minimum Gasteiger partial charge on any atom is -0.323 e. The van der Waals surface area contributed by atoms with Gasteiger partial charge in [0.05, 0.1) is 11.6 Å². The smallest absolute Gasteiger partial charge is 0.175 e. The molecule has 2 aliphatic rings. The number of H-pyrrole nitrogens is 1. The summed E-state index contributed by atoms with van der Waals surface area (Å²) in [5.74, 6) is 0. The van der Waals surface area contributed by atoms with Gasteiger partial charge in [0.2, 0.25) is 0 Å². The predicted molar refractivity (Wildman–Crippen MR) is 70.4 cm³/mol. The lowest BCUT2D eigenvalue weighted by atomic mass is 10.1. The highest BCUT2D eigenvalue weighted by molar-refractivity contribution is 5.02. The van der Waals surface area contributed by atoms with Crippen molar-refractivity contribution in [3.05, 3.63) is 30.1 Å². The van der Waals surface area contributed by atoms with Gasteiger partial charge in [0.15, 0.2) is 12.4 Å². The maximum Gasteiger partial charge on any atom is 0.175 e. The molecule has 3 N–H and O–H groups in total. The molecular formula is C15H26N3+3. The molecule has 1 aromatic heterocycles. The van der Waals surface area contributed by atoms with Crippen LogP contribution in [0.15, 0.2) is 24.5 Å². The van der Waals surface area contributed by atoms with E-state index < -0.39 is 0 Å². The van der Waals surface area contributed by atoms with E-state index in [9.17, 15) is 0 Å². The number of rotatable bonds is 3. The van der Waals surface area contributed by atoms with Crippen molar-refractivity contribution in [2.75, 3.05) is 26.2 Å². The molecule has 0 amide bonds. The van der Waals surface area contributed by atoms with Gasteiger partial charge in [0.25, 0.3) is 0 Å². The Hall–Kier alpha value is -0.930. The fourth-order valence-corrected chi connectivity index (χ4v) is 3.67. The number of aromatic amines is 1. The summed E-state index contributed by atoms with van der Waals surface area (Å²) >= 11 is 0. The first kappa shape index (κ1) is 12.1. The van der Waals surface area contributed by atoms with Crippen LogP contribution in [0.4, 0.5) is 0 Å². The van der Waals surface area contributed by atoms with Crippen molar-refractivity contribution in [2.24, 2.45) is 0 Å². The van der Waals surface area contributed by atoms with Crippen LogP contribution < -0.4 is 14.8 Å². The zero-order chi connectivity index (χ0) is 12.2. The van der Waals surface area contributed by atoms with Crippen molar-refractivity contribution < 1.29 is 14.8 Å². The molecular weight excluding hydrogens is 222 g/mol. The van der Waals surface area contributed by atoms with Crippen LogP contribution in [-0.2, 0) is 6.54 Å². The summed E-state index contributed by atoms with van der Waals surface area (Å²) in [6.45, 7) is 6.66. The Bertz CT molecular complexity index is 351. The highest BCUT2D eigenvalue weighted by Gasteiger charge is 2.31. The van der Waals surface area contributed by atoms with Crippen molar-refractivity contribution in [1.82, 2.24) is 0 Å². The van der Waals surface area contributed by atoms with Crippen molar-refractivity contribution >= 4 is 0 Å². The molecule has 3 heteroatoms. The molecule has 1 aromatic rings. The van der Waals surface area contributed by atoms with Crippen molar-refractivity contribution in [2.45, 2.75) is 38.3 Å². The molecule has 0 radical (unpaired) electrons. The van der Waals surface area contributed by atoms with Gasteiger partial charge in [0, 0.05) is 6.07 Å². The van der Waals surface area contributed by atoms with Gasteiger partial charge in [-0.05, 0) is 31.7 Å². The second kappa shape index (κ2) is 5.81. The molecule has 1 aliphatic carbocycles. The number of hydrogen-bond acceptors (Lipinski definition) is 0. The standard InChI is InChI=1S/C15H23N3/c1-2-6-15(5-1)18-10-8-17(9-11-18)13-14-4-3-7-16-12-14/h3-4,7,12,15H,1-2,5-6,8-11,13H2/p+3. The average molecular weight is 248 g/mol. The summed E-state index contributed by atoms with van der Waals surface area (Å²) in [4.78, 5) is 6.85. The highest BCUT2D eigenvalue weighted by atomic mass is 15.3. The lowest BCUT2D eigenvalue weighted by Gasteiger charge is -2.33. The Morgan fingerprint density at radius 3 is 2.56 bits per heavy atom. The van der Waals surface area contributed by atoms with E-state index in [4.69, 9.17) is 0 Å². The highest BCUT2D eigenvalue weighted by Crippen LogP contribution is 2.15. The van der Waals surface area contributed by atoms with Gasteiger partial charge in [-0.1, -0.05) is 0 Å². The minimum atomic E-state index is 0.997. The second-order valence-corrected chi connectivity index (χ2v) is 5.98. The number of pyridine rings is 1. The molecule has 2 fully saturated rings. The van der Waals surface area contributed by atoms with Gasteiger partial charge in [-0.25, -0.2) is 4.98 Å². The lowest BCUT2D eigenvalue weighted by molar-refractivity contribution is -1.03. The third kappa shape index (κ3) is 2.90. The molecule has 1 aliphatic heterocycles. The van der Waals surface area contributed by atoms with E-state index in [2.05, 4.69) is 23.3 Å². The normalized spacial score (nSPS) is 29.6. The molecule has 1 saturated heterocycles. The van der Waals surface area contributed by atoms with Crippen LogP contribution in [-0.4, -0.2) is 32.2 Å². The van der Waals surface area contributed by atoms with Crippen molar-refractivity contribution in [1.29, 1.82) is 0 Å². The summed E-state index contributed by atoms with van der Waals surface area (Å²) in [5, 5.41) is 0.